The minimum absolute atomic E-state index is 0.548. The van der Waals surface area contributed by atoms with Gasteiger partial charge in [0.1, 0.15) is 5.75 Å². The summed E-state index contributed by atoms with van der Waals surface area (Å²) in [5, 5.41) is 0. The van der Waals surface area contributed by atoms with Crippen LogP contribution in [0.15, 0.2) is 66.2 Å². The van der Waals surface area contributed by atoms with E-state index in [0.29, 0.717) is 17.8 Å². The quantitative estimate of drug-likeness (QED) is 0.766. The summed E-state index contributed by atoms with van der Waals surface area (Å²) in [4.78, 5) is 0. The van der Waals surface area contributed by atoms with Gasteiger partial charge in [-0.3, -0.25) is 0 Å². The lowest BCUT2D eigenvalue weighted by molar-refractivity contribution is 0.179. The zero-order valence-electron chi connectivity index (χ0n) is 14.2. The summed E-state index contributed by atoms with van der Waals surface area (Å²) in [6.45, 7) is 1.76. The van der Waals surface area contributed by atoms with Gasteiger partial charge in [-0.15, -0.1) is 0 Å². The van der Waals surface area contributed by atoms with Crippen LogP contribution in [0, 0.1) is 11.8 Å². The third kappa shape index (κ3) is 3.11. The van der Waals surface area contributed by atoms with Crippen molar-refractivity contribution in [3.63, 3.8) is 0 Å². The summed E-state index contributed by atoms with van der Waals surface area (Å²) < 4.78 is 11.1. The number of benzene rings is 2. The highest BCUT2D eigenvalue weighted by atomic mass is 16.5. The van der Waals surface area contributed by atoms with Gasteiger partial charge in [-0.2, -0.15) is 0 Å². The molecule has 1 aliphatic heterocycles. The van der Waals surface area contributed by atoms with Crippen molar-refractivity contribution >= 4 is 0 Å². The van der Waals surface area contributed by atoms with Crippen LogP contribution in [-0.4, -0.2) is 20.3 Å². The Morgan fingerprint density at radius 3 is 2.54 bits per heavy atom. The first kappa shape index (κ1) is 15.5. The standard InChI is InChI=1S/C22H24O2/c1-23-20-9-7-18(8-10-20)21-13-17(11-16-5-3-2-4-6-16)12-19-14-24-15-22(19)21/h2-10,12,19,21-22H,11,13-15H2,1H3/t19-,21+,22-/m0/s1. The molecular weight excluding hydrogens is 296 g/mol. The number of fused-ring (bicyclic) bond motifs is 1. The number of methoxy groups -OCH3 is 1. The molecule has 0 unspecified atom stereocenters. The van der Waals surface area contributed by atoms with Crippen molar-refractivity contribution in [2.75, 3.05) is 20.3 Å². The molecule has 24 heavy (non-hydrogen) atoms. The van der Waals surface area contributed by atoms with Crippen LogP contribution in [0.2, 0.25) is 0 Å². The maximum atomic E-state index is 5.82. The Labute approximate surface area is 144 Å². The van der Waals surface area contributed by atoms with Crippen LogP contribution in [-0.2, 0) is 11.2 Å². The molecule has 1 saturated heterocycles. The zero-order chi connectivity index (χ0) is 16.4. The highest BCUT2D eigenvalue weighted by Crippen LogP contribution is 2.44. The van der Waals surface area contributed by atoms with Crippen LogP contribution < -0.4 is 4.74 Å². The van der Waals surface area contributed by atoms with Crippen LogP contribution in [0.4, 0.5) is 0 Å². The first-order valence-electron chi connectivity index (χ1n) is 8.78. The van der Waals surface area contributed by atoms with E-state index in [1.54, 1.807) is 12.7 Å². The number of allylic oxidation sites excluding steroid dienone is 1. The van der Waals surface area contributed by atoms with Crippen molar-refractivity contribution in [3.05, 3.63) is 77.4 Å². The van der Waals surface area contributed by atoms with Gasteiger partial charge in [-0.05, 0) is 47.9 Å². The molecule has 0 spiro atoms. The molecule has 2 aliphatic rings. The second-order valence-corrected chi connectivity index (χ2v) is 6.94. The van der Waals surface area contributed by atoms with Gasteiger partial charge in [0.05, 0.1) is 20.3 Å². The van der Waals surface area contributed by atoms with Gasteiger partial charge in [0.25, 0.3) is 0 Å². The fourth-order valence-electron chi connectivity index (χ4n) is 4.18. The first-order valence-corrected chi connectivity index (χ1v) is 8.78. The molecule has 0 saturated carbocycles. The van der Waals surface area contributed by atoms with Gasteiger partial charge in [0.15, 0.2) is 0 Å². The second-order valence-electron chi connectivity index (χ2n) is 6.94. The Balaban J connectivity index is 1.59. The highest BCUT2D eigenvalue weighted by Gasteiger charge is 2.37. The molecule has 4 rings (SSSR count). The Morgan fingerprint density at radius 1 is 1.00 bits per heavy atom. The van der Waals surface area contributed by atoms with E-state index in [-0.39, 0.29) is 0 Å². The molecule has 0 aromatic heterocycles. The minimum atomic E-state index is 0.548. The molecule has 0 N–H and O–H groups in total. The van der Waals surface area contributed by atoms with Gasteiger partial charge in [0.2, 0.25) is 0 Å². The highest BCUT2D eigenvalue weighted by molar-refractivity contribution is 5.34. The summed E-state index contributed by atoms with van der Waals surface area (Å²) in [5.41, 5.74) is 4.36. The lowest BCUT2D eigenvalue weighted by Gasteiger charge is -2.32. The number of hydrogen-bond donors (Lipinski definition) is 0. The lowest BCUT2D eigenvalue weighted by atomic mass is 9.71. The zero-order valence-corrected chi connectivity index (χ0v) is 14.2. The van der Waals surface area contributed by atoms with E-state index >= 15 is 0 Å². The van der Waals surface area contributed by atoms with E-state index in [2.05, 4.69) is 60.7 Å². The van der Waals surface area contributed by atoms with E-state index in [9.17, 15) is 0 Å². The smallest absolute Gasteiger partial charge is 0.118 e. The summed E-state index contributed by atoms with van der Waals surface area (Å²) in [6, 6.07) is 19.4. The topological polar surface area (TPSA) is 18.5 Å². The van der Waals surface area contributed by atoms with Crippen molar-refractivity contribution in [1.29, 1.82) is 0 Å². The molecule has 2 aromatic carbocycles. The second kappa shape index (κ2) is 6.82. The fraction of sp³-hybridized carbons (Fsp3) is 0.364. The van der Waals surface area contributed by atoms with Gasteiger partial charge < -0.3 is 9.47 Å². The Kier molecular flexibility index (Phi) is 4.40. The minimum Gasteiger partial charge on any atom is -0.497 e. The predicted molar refractivity (Wildman–Crippen MR) is 96.4 cm³/mol. The molecular formula is C22H24O2. The molecule has 0 radical (unpaired) electrons. The third-order valence-corrected chi connectivity index (χ3v) is 5.44. The van der Waals surface area contributed by atoms with Crippen molar-refractivity contribution in [2.45, 2.75) is 18.8 Å². The summed E-state index contributed by atoms with van der Waals surface area (Å²) >= 11 is 0. The van der Waals surface area contributed by atoms with Crippen molar-refractivity contribution < 1.29 is 9.47 Å². The first-order chi connectivity index (χ1) is 11.8. The molecule has 2 aromatic rings. The normalized spacial score (nSPS) is 25.9. The molecule has 0 amide bonds. The van der Waals surface area contributed by atoms with E-state index in [1.165, 1.54) is 11.1 Å². The van der Waals surface area contributed by atoms with E-state index < -0.39 is 0 Å². The Hall–Kier alpha value is -2.06. The number of hydrogen-bond acceptors (Lipinski definition) is 2. The Morgan fingerprint density at radius 2 is 1.79 bits per heavy atom. The van der Waals surface area contributed by atoms with Crippen molar-refractivity contribution in [3.8, 4) is 5.75 Å². The average molecular weight is 320 g/mol. The van der Waals surface area contributed by atoms with Gasteiger partial charge in [-0.1, -0.05) is 54.1 Å². The average Bonchev–Trinajstić information content (AvgIpc) is 3.10. The van der Waals surface area contributed by atoms with E-state index in [1.807, 2.05) is 0 Å². The van der Waals surface area contributed by atoms with Crippen LogP contribution in [0.5, 0.6) is 5.75 Å². The van der Waals surface area contributed by atoms with Crippen molar-refractivity contribution in [2.24, 2.45) is 11.8 Å². The van der Waals surface area contributed by atoms with Gasteiger partial charge in [-0.25, -0.2) is 0 Å². The van der Waals surface area contributed by atoms with Gasteiger partial charge >= 0.3 is 0 Å². The predicted octanol–water partition coefficient (Wildman–Crippen LogP) is 4.61. The van der Waals surface area contributed by atoms with Crippen LogP contribution in [0.3, 0.4) is 0 Å². The van der Waals surface area contributed by atoms with Crippen LogP contribution >= 0.6 is 0 Å². The van der Waals surface area contributed by atoms with Crippen LogP contribution in [0.25, 0.3) is 0 Å². The molecule has 3 atom stereocenters. The molecule has 2 heteroatoms. The summed E-state index contributed by atoms with van der Waals surface area (Å²) in [5.74, 6) is 2.64. The molecule has 2 nitrogen and oxygen atoms in total. The Bertz CT molecular complexity index is 703. The SMILES string of the molecule is COc1ccc([C@H]2CC(Cc3ccccc3)=C[C@H]3COC[C@H]23)cc1. The lowest BCUT2D eigenvalue weighted by Crippen LogP contribution is -2.25. The molecule has 1 fully saturated rings. The molecule has 0 bridgehead atoms. The van der Waals surface area contributed by atoms with E-state index in [4.69, 9.17) is 9.47 Å². The van der Waals surface area contributed by atoms with E-state index in [0.717, 1.165) is 31.8 Å². The number of ether oxygens (including phenoxy) is 2. The maximum Gasteiger partial charge on any atom is 0.118 e. The summed E-state index contributed by atoms with van der Waals surface area (Å²) in [7, 11) is 1.72. The maximum absolute atomic E-state index is 5.82. The van der Waals surface area contributed by atoms with Gasteiger partial charge in [0, 0.05) is 5.92 Å². The number of rotatable bonds is 4. The van der Waals surface area contributed by atoms with Crippen LogP contribution in [0.1, 0.15) is 23.5 Å². The molecule has 1 heterocycles. The fourth-order valence-corrected chi connectivity index (χ4v) is 4.18. The monoisotopic (exact) mass is 320 g/mol. The third-order valence-electron chi connectivity index (χ3n) is 5.44. The molecule has 124 valence electrons. The molecule has 1 aliphatic carbocycles. The summed E-state index contributed by atoms with van der Waals surface area (Å²) in [6.07, 6.45) is 4.67. The largest absolute Gasteiger partial charge is 0.497 e. The van der Waals surface area contributed by atoms with Crippen molar-refractivity contribution in [1.82, 2.24) is 0 Å².